The van der Waals surface area contributed by atoms with E-state index in [1.54, 1.807) is 48.5 Å². The fraction of sp³-hybridized carbons (Fsp3) is 0.259. The summed E-state index contributed by atoms with van der Waals surface area (Å²) in [6.07, 6.45) is 2.68. The maximum absolute atomic E-state index is 12.9. The maximum Gasteiger partial charge on any atom is 0.343 e. The number of rotatable bonds is 4. The van der Waals surface area contributed by atoms with Crippen LogP contribution in [0.4, 0.5) is 0 Å². The smallest absolute Gasteiger partial charge is 0.343 e. The summed E-state index contributed by atoms with van der Waals surface area (Å²) in [6, 6.07) is 21.2. The molecule has 0 radical (unpaired) electrons. The van der Waals surface area contributed by atoms with Gasteiger partial charge in [-0.05, 0) is 66.8 Å². The summed E-state index contributed by atoms with van der Waals surface area (Å²) in [5.74, 6) is -0.580. The minimum Gasteiger partial charge on any atom is -0.419 e. The zero-order valence-corrected chi connectivity index (χ0v) is 18.2. The monoisotopic (exact) mass is 443 g/mol. The Morgan fingerprint density at radius 3 is 2.03 bits per heavy atom. The minimum absolute atomic E-state index is 0.210. The predicted molar refractivity (Wildman–Crippen MR) is 123 cm³/mol. The molecule has 1 saturated heterocycles. The molecule has 1 heterocycles. The van der Waals surface area contributed by atoms with Crippen molar-refractivity contribution < 1.29 is 23.8 Å². The SMILES string of the molecule is O=C(Oc1cc2c(cc1OC(=O)c1ccccc1)C1(CCC2)CNCCO1)c1ccccc1. The first-order valence-electron chi connectivity index (χ1n) is 11.2. The van der Waals surface area contributed by atoms with E-state index in [-0.39, 0.29) is 11.5 Å². The van der Waals surface area contributed by atoms with Gasteiger partial charge in [-0.25, -0.2) is 9.59 Å². The molecule has 5 rings (SSSR count). The van der Waals surface area contributed by atoms with E-state index < -0.39 is 17.5 Å². The highest BCUT2D eigenvalue weighted by molar-refractivity contribution is 5.93. The van der Waals surface area contributed by atoms with Crippen LogP contribution in [0.1, 0.15) is 44.7 Å². The molecule has 3 aromatic rings. The van der Waals surface area contributed by atoms with Crippen LogP contribution in [0.3, 0.4) is 0 Å². The van der Waals surface area contributed by atoms with Crippen LogP contribution >= 0.6 is 0 Å². The standard InChI is InChI=1S/C27H25NO5/c29-25(19-8-3-1-4-9-19)32-23-16-21-12-7-13-27(18-28-14-15-31-27)22(21)17-24(23)33-26(30)20-10-5-2-6-11-20/h1-6,8-11,16-17,28H,7,12-15,18H2. The molecule has 1 spiro atoms. The number of hydrogen-bond acceptors (Lipinski definition) is 6. The average Bonchev–Trinajstić information content (AvgIpc) is 2.86. The number of ether oxygens (including phenoxy) is 3. The molecule has 1 unspecified atom stereocenters. The largest absolute Gasteiger partial charge is 0.419 e. The van der Waals surface area contributed by atoms with Gasteiger partial charge < -0.3 is 19.5 Å². The predicted octanol–water partition coefficient (Wildman–Crippen LogP) is 4.28. The van der Waals surface area contributed by atoms with Crippen molar-refractivity contribution in [3.63, 3.8) is 0 Å². The van der Waals surface area contributed by atoms with E-state index in [1.807, 2.05) is 24.3 Å². The number of carbonyl (C=O) groups is 2. The van der Waals surface area contributed by atoms with Gasteiger partial charge in [0.05, 0.1) is 17.7 Å². The Morgan fingerprint density at radius 1 is 0.848 bits per heavy atom. The van der Waals surface area contributed by atoms with E-state index in [1.165, 1.54) is 0 Å². The van der Waals surface area contributed by atoms with Crippen molar-refractivity contribution in [3.05, 3.63) is 95.1 Å². The van der Waals surface area contributed by atoms with Gasteiger partial charge in [0.25, 0.3) is 0 Å². The highest BCUT2D eigenvalue weighted by Gasteiger charge is 2.40. The fourth-order valence-electron chi connectivity index (χ4n) is 4.55. The zero-order valence-electron chi connectivity index (χ0n) is 18.2. The third-order valence-electron chi connectivity index (χ3n) is 6.18. The van der Waals surface area contributed by atoms with Gasteiger partial charge in [-0.3, -0.25) is 0 Å². The second kappa shape index (κ2) is 9.17. The summed E-state index contributed by atoms with van der Waals surface area (Å²) in [5.41, 5.74) is 2.39. The number of esters is 2. The molecule has 1 fully saturated rings. The summed E-state index contributed by atoms with van der Waals surface area (Å²) in [6.45, 7) is 2.11. The van der Waals surface area contributed by atoms with Crippen molar-refractivity contribution in [3.8, 4) is 11.5 Å². The molecular formula is C27H25NO5. The third kappa shape index (κ3) is 4.40. The summed E-state index contributed by atoms with van der Waals surface area (Å²) in [5, 5.41) is 3.42. The van der Waals surface area contributed by atoms with Crippen molar-refractivity contribution in [2.75, 3.05) is 19.7 Å². The van der Waals surface area contributed by atoms with E-state index in [4.69, 9.17) is 14.2 Å². The van der Waals surface area contributed by atoms with E-state index in [9.17, 15) is 9.59 Å². The van der Waals surface area contributed by atoms with Crippen molar-refractivity contribution in [2.24, 2.45) is 0 Å². The molecule has 0 bridgehead atoms. The van der Waals surface area contributed by atoms with Crippen LogP contribution in [0.2, 0.25) is 0 Å². The summed E-state index contributed by atoms with van der Waals surface area (Å²) in [4.78, 5) is 25.6. The Balaban J connectivity index is 1.54. The third-order valence-corrected chi connectivity index (χ3v) is 6.18. The van der Waals surface area contributed by atoms with Crippen LogP contribution in [0.5, 0.6) is 11.5 Å². The van der Waals surface area contributed by atoms with Gasteiger partial charge in [0.2, 0.25) is 0 Å². The molecular weight excluding hydrogens is 418 g/mol. The van der Waals surface area contributed by atoms with Crippen LogP contribution in [0, 0.1) is 0 Å². The molecule has 0 amide bonds. The Kier molecular flexibility index (Phi) is 5.94. The number of hydrogen-bond donors (Lipinski definition) is 1. The molecule has 1 N–H and O–H groups in total. The zero-order chi connectivity index (χ0) is 22.7. The molecule has 0 saturated carbocycles. The van der Waals surface area contributed by atoms with Gasteiger partial charge in [0, 0.05) is 13.1 Å². The Labute approximate surface area is 192 Å². The van der Waals surface area contributed by atoms with Crippen molar-refractivity contribution in [1.29, 1.82) is 0 Å². The molecule has 33 heavy (non-hydrogen) atoms. The lowest BCUT2D eigenvalue weighted by molar-refractivity contribution is -0.0820. The van der Waals surface area contributed by atoms with Gasteiger partial charge in [-0.15, -0.1) is 0 Å². The van der Waals surface area contributed by atoms with E-state index in [0.29, 0.717) is 24.3 Å². The molecule has 168 valence electrons. The summed E-state index contributed by atoms with van der Waals surface area (Å²) >= 11 is 0. The number of fused-ring (bicyclic) bond motifs is 2. The van der Waals surface area contributed by atoms with E-state index in [0.717, 1.165) is 36.9 Å². The summed E-state index contributed by atoms with van der Waals surface area (Å²) < 4.78 is 17.8. The van der Waals surface area contributed by atoms with Crippen LogP contribution in [0.25, 0.3) is 0 Å². The molecule has 1 atom stereocenters. The Bertz CT molecular complexity index is 1150. The average molecular weight is 443 g/mol. The van der Waals surface area contributed by atoms with Gasteiger partial charge in [-0.2, -0.15) is 0 Å². The quantitative estimate of drug-likeness (QED) is 0.479. The number of aryl methyl sites for hydroxylation is 1. The van der Waals surface area contributed by atoms with Crippen molar-refractivity contribution in [1.82, 2.24) is 5.32 Å². The normalized spacial score (nSPS) is 19.5. The highest BCUT2D eigenvalue weighted by Crippen LogP contribution is 2.44. The molecule has 1 aliphatic heterocycles. The number of morpholine rings is 1. The van der Waals surface area contributed by atoms with Gasteiger partial charge in [-0.1, -0.05) is 36.4 Å². The van der Waals surface area contributed by atoms with Gasteiger partial charge >= 0.3 is 11.9 Å². The lowest BCUT2D eigenvalue weighted by Gasteiger charge is -2.42. The Morgan fingerprint density at radius 2 is 1.45 bits per heavy atom. The second-order valence-electron chi connectivity index (χ2n) is 8.34. The topological polar surface area (TPSA) is 73.9 Å². The number of carbonyl (C=O) groups excluding carboxylic acids is 2. The highest BCUT2D eigenvalue weighted by atomic mass is 16.6. The number of nitrogens with one attached hydrogen (secondary N) is 1. The first-order valence-corrected chi connectivity index (χ1v) is 11.2. The molecule has 6 nitrogen and oxygen atoms in total. The molecule has 6 heteroatoms. The first kappa shape index (κ1) is 21.4. The lowest BCUT2D eigenvalue weighted by atomic mass is 9.78. The second-order valence-corrected chi connectivity index (χ2v) is 8.34. The summed E-state index contributed by atoms with van der Waals surface area (Å²) in [7, 11) is 0. The van der Waals surface area contributed by atoms with Crippen LogP contribution in [0.15, 0.2) is 72.8 Å². The first-order chi connectivity index (χ1) is 16.1. The van der Waals surface area contributed by atoms with Gasteiger partial charge in [0.1, 0.15) is 5.60 Å². The van der Waals surface area contributed by atoms with Crippen LogP contribution < -0.4 is 14.8 Å². The van der Waals surface area contributed by atoms with Gasteiger partial charge in [0.15, 0.2) is 11.5 Å². The minimum atomic E-state index is -0.514. The number of benzene rings is 3. The molecule has 1 aliphatic carbocycles. The molecule has 0 aromatic heterocycles. The lowest BCUT2D eigenvalue weighted by Crippen LogP contribution is -2.49. The Hall–Kier alpha value is -3.48. The van der Waals surface area contributed by atoms with Crippen molar-refractivity contribution in [2.45, 2.75) is 24.9 Å². The van der Waals surface area contributed by atoms with E-state index in [2.05, 4.69) is 5.32 Å². The van der Waals surface area contributed by atoms with Crippen molar-refractivity contribution >= 4 is 11.9 Å². The maximum atomic E-state index is 12.9. The molecule has 2 aliphatic rings. The molecule has 3 aromatic carbocycles. The van der Waals surface area contributed by atoms with Crippen LogP contribution in [-0.4, -0.2) is 31.6 Å². The fourth-order valence-corrected chi connectivity index (χ4v) is 4.55. The van der Waals surface area contributed by atoms with E-state index >= 15 is 0 Å². The van der Waals surface area contributed by atoms with Crippen LogP contribution in [-0.2, 0) is 16.8 Å².